The maximum Gasteiger partial charge on any atom is 0.353 e. The molecular weight excluding hydrogens is 272 g/mol. The summed E-state index contributed by atoms with van der Waals surface area (Å²) < 4.78 is 0. The number of aromatic nitrogens is 3. The van der Waals surface area contributed by atoms with Crippen LogP contribution < -0.4 is 10.6 Å². The first-order valence-electron chi connectivity index (χ1n) is 6.43. The Morgan fingerprint density at radius 2 is 1.90 bits per heavy atom. The maximum absolute atomic E-state index is 11.3. The molecule has 0 aliphatic heterocycles. The summed E-state index contributed by atoms with van der Waals surface area (Å²) in [5.41, 5.74) is 0.800. The first-order chi connectivity index (χ1) is 9.97. The van der Waals surface area contributed by atoms with Crippen LogP contribution in [0.25, 0.3) is 0 Å². The Labute approximate surface area is 121 Å². The Hall–Kier alpha value is -2.77. The van der Waals surface area contributed by atoms with Crippen molar-refractivity contribution in [2.24, 2.45) is 0 Å². The number of nitrogens with one attached hydrogen (secondary N) is 2. The van der Waals surface area contributed by atoms with Gasteiger partial charge in [-0.15, -0.1) is 0 Å². The highest BCUT2D eigenvalue weighted by Gasteiger charge is 2.23. The number of anilines is 3. The molecule has 2 aromatic rings. The van der Waals surface area contributed by atoms with E-state index in [1.807, 2.05) is 26.8 Å². The van der Waals surface area contributed by atoms with Crippen molar-refractivity contribution < 1.29 is 4.92 Å². The van der Waals surface area contributed by atoms with Crippen molar-refractivity contribution in [1.29, 1.82) is 0 Å². The molecule has 0 amide bonds. The monoisotopic (exact) mass is 288 g/mol. The van der Waals surface area contributed by atoms with Gasteiger partial charge in [0.25, 0.3) is 0 Å². The summed E-state index contributed by atoms with van der Waals surface area (Å²) in [4.78, 5) is 22.8. The van der Waals surface area contributed by atoms with Gasteiger partial charge in [0.1, 0.15) is 12.1 Å². The molecule has 0 saturated heterocycles. The molecule has 21 heavy (non-hydrogen) atoms. The largest absolute Gasteiger partial charge is 0.362 e. The second kappa shape index (κ2) is 6.12. The van der Waals surface area contributed by atoms with Crippen molar-refractivity contribution in [2.45, 2.75) is 26.8 Å². The molecule has 2 heterocycles. The van der Waals surface area contributed by atoms with E-state index in [0.29, 0.717) is 5.82 Å². The van der Waals surface area contributed by atoms with Gasteiger partial charge in [-0.2, -0.15) is 0 Å². The molecule has 8 nitrogen and oxygen atoms in total. The predicted octanol–water partition coefficient (Wildman–Crippen LogP) is 2.65. The van der Waals surface area contributed by atoms with Crippen LogP contribution in [0.15, 0.2) is 24.7 Å². The van der Waals surface area contributed by atoms with E-state index in [1.165, 1.54) is 6.33 Å². The van der Waals surface area contributed by atoms with Crippen molar-refractivity contribution in [3.05, 3.63) is 40.3 Å². The lowest BCUT2D eigenvalue weighted by molar-refractivity contribution is -0.383. The minimum Gasteiger partial charge on any atom is -0.362 e. The second-order valence-electron chi connectivity index (χ2n) is 4.82. The summed E-state index contributed by atoms with van der Waals surface area (Å²) in [6, 6.07) is 3.61. The van der Waals surface area contributed by atoms with Crippen molar-refractivity contribution in [3.63, 3.8) is 0 Å². The molecule has 0 aliphatic carbocycles. The third-order valence-corrected chi connectivity index (χ3v) is 2.59. The number of nitro groups is 1. The van der Waals surface area contributed by atoms with Crippen LogP contribution in [0.1, 0.15) is 19.4 Å². The first-order valence-corrected chi connectivity index (χ1v) is 6.43. The van der Waals surface area contributed by atoms with Gasteiger partial charge in [-0.3, -0.25) is 10.1 Å². The smallest absolute Gasteiger partial charge is 0.353 e. The zero-order valence-corrected chi connectivity index (χ0v) is 12.0. The maximum atomic E-state index is 11.3. The Morgan fingerprint density at radius 3 is 2.48 bits per heavy atom. The summed E-state index contributed by atoms with van der Waals surface area (Å²) in [6.45, 7) is 5.66. The lowest BCUT2D eigenvalue weighted by atomic mass is 10.3. The van der Waals surface area contributed by atoms with E-state index >= 15 is 0 Å². The molecule has 0 radical (unpaired) electrons. The fourth-order valence-corrected chi connectivity index (χ4v) is 1.69. The van der Waals surface area contributed by atoms with Crippen LogP contribution in [0.5, 0.6) is 0 Å². The molecule has 2 rings (SSSR count). The average Bonchev–Trinajstić information content (AvgIpc) is 2.40. The highest BCUT2D eigenvalue weighted by molar-refractivity contribution is 5.72. The number of aryl methyl sites for hydroxylation is 1. The molecular formula is C13H16N6O2. The molecule has 110 valence electrons. The van der Waals surface area contributed by atoms with Gasteiger partial charge in [-0.1, -0.05) is 6.07 Å². The number of rotatable bonds is 5. The fourth-order valence-electron chi connectivity index (χ4n) is 1.69. The highest BCUT2D eigenvalue weighted by atomic mass is 16.6. The van der Waals surface area contributed by atoms with Crippen molar-refractivity contribution >= 4 is 23.1 Å². The Morgan fingerprint density at radius 1 is 1.19 bits per heavy atom. The summed E-state index contributed by atoms with van der Waals surface area (Å²) in [7, 11) is 0. The predicted molar refractivity (Wildman–Crippen MR) is 79.7 cm³/mol. The van der Waals surface area contributed by atoms with E-state index in [0.717, 1.165) is 5.56 Å². The topological polar surface area (TPSA) is 106 Å². The molecule has 0 fully saturated rings. The molecule has 0 unspecified atom stereocenters. The summed E-state index contributed by atoms with van der Waals surface area (Å²) in [6.07, 6.45) is 2.94. The van der Waals surface area contributed by atoms with Gasteiger partial charge in [0.05, 0.1) is 4.92 Å². The molecule has 0 atom stereocenters. The van der Waals surface area contributed by atoms with Gasteiger partial charge >= 0.3 is 5.69 Å². The van der Waals surface area contributed by atoms with E-state index in [-0.39, 0.29) is 23.4 Å². The number of hydrogen-bond donors (Lipinski definition) is 2. The van der Waals surface area contributed by atoms with E-state index < -0.39 is 4.92 Å². The fraction of sp³-hybridized carbons (Fsp3) is 0.308. The van der Waals surface area contributed by atoms with E-state index in [2.05, 4.69) is 25.6 Å². The van der Waals surface area contributed by atoms with Gasteiger partial charge in [-0.05, 0) is 32.4 Å². The minimum atomic E-state index is -0.513. The van der Waals surface area contributed by atoms with Crippen molar-refractivity contribution in [1.82, 2.24) is 15.0 Å². The zero-order valence-electron chi connectivity index (χ0n) is 12.0. The summed E-state index contributed by atoms with van der Waals surface area (Å²) >= 11 is 0. The van der Waals surface area contributed by atoms with Crippen LogP contribution in [-0.2, 0) is 0 Å². The standard InChI is InChI=1S/C13H16N6O2/c1-8(2)17-12-11(19(20)21)13(16-7-15-12)18-10-5-4-9(3)6-14-10/h4-8H,1-3H3,(H2,14,15,16,17,18). The summed E-state index contributed by atoms with van der Waals surface area (Å²) in [5.74, 6) is 0.770. The van der Waals surface area contributed by atoms with Crippen LogP contribution in [-0.4, -0.2) is 25.9 Å². The van der Waals surface area contributed by atoms with Crippen LogP contribution in [0.4, 0.5) is 23.1 Å². The van der Waals surface area contributed by atoms with Gasteiger partial charge in [0.15, 0.2) is 0 Å². The van der Waals surface area contributed by atoms with Crippen LogP contribution >= 0.6 is 0 Å². The van der Waals surface area contributed by atoms with E-state index in [1.54, 1.807) is 12.3 Å². The first kappa shape index (κ1) is 14.6. The third-order valence-electron chi connectivity index (χ3n) is 2.59. The highest BCUT2D eigenvalue weighted by Crippen LogP contribution is 2.30. The lowest BCUT2D eigenvalue weighted by Crippen LogP contribution is -2.14. The van der Waals surface area contributed by atoms with Crippen molar-refractivity contribution in [3.8, 4) is 0 Å². The van der Waals surface area contributed by atoms with Crippen molar-refractivity contribution in [2.75, 3.05) is 10.6 Å². The van der Waals surface area contributed by atoms with E-state index in [4.69, 9.17) is 0 Å². The number of pyridine rings is 1. The molecule has 0 spiro atoms. The van der Waals surface area contributed by atoms with Crippen LogP contribution in [0, 0.1) is 17.0 Å². The molecule has 0 aliphatic rings. The molecule has 0 saturated carbocycles. The van der Waals surface area contributed by atoms with Gasteiger partial charge in [-0.25, -0.2) is 15.0 Å². The molecule has 2 N–H and O–H groups in total. The van der Waals surface area contributed by atoms with Crippen LogP contribution in [0.3, 0.4) is 0 Å². The molecule has 0 aromatic carbocycles. The van der Waals surface area contributed by atoms with Gasteiger partial charge < -0.3 is 10.6 Å². The SMILES string of the molecule is Cc1ccc(Nc2ncnc(NC(C)C)c2[N+](=O)[O-])nc1. The number of hydrogen-bond acceptors (Lipinski definition) is 7. The second-order valence-corrected chi connectivity index (χ2v) is 4.82. The van der Waals surface area contributed by atoms with E-state index in [9.17, 15) is 10.1 Å². The zero-order chi connectivity index (χ0) is 15.4. The average molecular weight is 288 g/mol. The third kappa shape index (κ3) is 3.62. The van der Waals surface area contributed by atoms with Gasteiger partial charge in [0.2, 0.25) is 11.6 Å². The quantitative estimate of drug-likeness (QED) is 0.643. The summed E-state index contributed by atoms with van der Waals surface area (Å²) in [5, 5.41) is 17.1. The molecule has 8 heteroatoms. The van der Waals surface area contributed by atoms with Gasteiger partial charge in [0, 0.05) is 12.2 Å². The molecule has 2 aromatic heterocycles. The molecule has 0 bridgehead atoms. The Bertz CT molecular complexity index is 642. The lowest BCUT2D eigenvalue weighted by Gasteiger charge is -2.11. The minimum absolute atomic E-state index is 0.0175. The van der Waals surface area contributed by atoms with Crippen LogP contribution in [0.2, 0.25) is 0 Å². The normalized spacial score (nSPS) is 10.5. The number of nitrogens with zero attached hydrogens (tertiary/aromatic N) is 4. The Balaban J connectivity index is 2.38. The Kier molecular flexibility index (Phi) is 4.27.